The predicted octanol–water partition coefficient (Wildman–Crippen LogP) is 1.51. The molecule has 0 spiro atoms. The van der Waals surface area contributed by atoms with Crippen LogP contribution in [0.5, 0.6) is 5.75 Å². The third kappa shape index (κ3) is 0.924. The molecule has 2 heteroatoms. The smallest absolute Gasteiger partial charge is 0.119 e. The van der Waals surface area contributed by atoms with Crippen LogP contribution in [0.3, 0.4) is 0 Å². The van der Waals surface area contributed by atoms with E-state index in [1.165, 1.54) is 16.7 Å². The molecule has 0 fully saturated rings. The van der Waals surface area contributed by atoms with Crippen molar-refractivity contribution in [3.05, 3.63) is 29.3 Å². The zero-order valence-electron chi connectivity index (χ0n) is 7.00. The fourth-order valence-electron chi connectivity index (χ4n) is 1.44. The van der Waals surface area contributed by atoms with E-state index < -0.39 is 0 Å². The number of nitrogens with two attached hydrogens (primary N) is 1. The Labute approximate surface area is 71.6 Å². The standard InChI is InChI=1S/C10H11NO/c1-12-9-2-3-10-7(5-9)4-8(10)6-11/h2-5H,6,11H2,1H3. The quantitative estimate of drug-likeness (QED) is 0.713. The average molecular weight is 161 g/mol. The molecule has 2 nitrogen and oxygen atoms in total. The van der Waals surface area contributed by atoms with Gasteiger partial charge in [0.1, 0.15) is 5.75 Å². The van der Waals surface area contributed by atoms with Crippen LogP contribution in [0.4, 0.5) is 0 Å². The molecule has 0 atom stereocenters. The summed E-state index contributed by atoms with van der Waals surface area (Å²) in [4.78, 5) is 0. The number of ether oxygens (including phenoxy) is 1. The van der Waals surface area contributed by atoms with Gasteiger partial charge in [0.2, 0.25) is 0 Å². The van der Waals surface area contributed by atoms with Gasteiger partial charge in [-0.05, 0) is 34.9 Å². The molecule has 1 aliphatic rings. The molecule has 2 rings (SSSR count). The van der Waals surface area contributed by atoms with E-state index in [9.17, 15) is 0 Å². The largest absolute Gasteiger partial charge is 0.497 e. The molecule has 0 unspecified atom stereocenters. The van der Waals surface area contributed by atoms with Crippen LogP contribution in [0, 0.1) is 0 Å². The number of rotatable bonds is 2. The predicted molar refractivity (Wildman–Crippen MR) is 49.9 cm³/mol. The zero-order chi connectivity index (χ0) is 8.55. The Morgan fingerprint density at radius 3 is 2.83 bits per heavy atom. The van der Waals surface area contributed by atoms with Gasteiger partial charge in [0.25, 0.3) is 0 Å². The number of methoxy groups -OCH3 is 1. The van der Waals surface area contributed by atoms with E-state index in [2.05, 4.69) is 12.1 Å². The molecule has 0 aliphatic heterocycles. The molecule has 1 aromatic carbocycles. The van der Waals surface area contributed by atoms with Gasteiger partial charge in [-0.3, -0.25) is 0 Å². The lowest BCUT2D eigenvalue weighted by Gasteiger charge is -2.19. The van der Waals surface area contributed by atoms with E-state index in [1.54, 1.807) is 7.11 Å². The SMILES string of the molecule is COc1ccc2c(c1)C=C2CN. The zero-order valence-corrected chi connectivity index (χ0v) is 7.00. The summed E-state index contributed by atoms with van der Waals surface area (Å²) in [5.74, 6) is 0.904. The normalized spacial score (nSPS) is 13.0. The highest BCUT2D eigenvalue weighted by molar-refractivity contribution is 5.96. The molecule has 12 heavy (non-hydrogen) atoms. The van der Waals surface area contributed by atoms with Crippen LogP contribution in [-0.2, 0) is 0 Å². The molecule has 0 saturated heterocycles. The fraction of sp³-hybridized carbons (Fsp3) is 0.200. The van der Waals surface area contributed by atoms with Crippen LogP contribution in [-0.4, -0.2) is 13.7 Å². The van der Waals surface area contributed by atoms with Crippen LogP contribution in [0.25, 0.3) is 11.6 Å². The Morgan fingerprint density at radius 2 is 2.25 bits per heavy atom. The Kier molecular flexibility index (Phi) is 1.62. The van der Waals surface area contributed by atoms with E-state index in [4.69, 9.17) is 10.5 Å². The molecule has 1 aliphatic carbocycles. The number of fused-ring (bicyclic) bond motifs is 1. The molecule has 62 valence electrons. The summed E-state index contributed by atoms with van der Waals surface area (Å²) in [7, 11) is 1.67. The van der Waals surface area contributed by atoms with Crippen molar-refractivity contribution in [3.8, 4) is 5.75 Å². The Balaban J connectivity index is 2.34. The molecule has 0 saturated carbocycles. The molecular formula is C10H11NO. The van der Waals surface area contributed by atoms with E-state index in [1.807, 2.05) is 12.1 Å². The summed E-state index contributed by atoms with van der Waals surface area (Å²) < 4.78 is 5.09. The Hall–Kier alpha value is -1.28. The minimum absolute atomic E-state index is 0.624. The first-order valence-corrected chi connectivity index (χ1v) is 3.94. The minimum Gasteiger partial charge on any atom is -0.497 e. The first-order valence-electron chi connectivity index (χ1n) is 3.94. The van der Waals surface area contributed by atoms with Gasteiger partial charge in [-0.2, -0.15) is 0 Å². The van der Waals surface area contributed by atoms with Crippen molar-refractivity contribution in [2.24, 2.45) is 5.73 Å². The van der Waals surface area contributed by atoms with Gasteiger partial charge in [0, 0.05) is 6.54 Å². The highest BCUT2D eigenvalue weighted by Crippen LogP contribution is 2.33. The van der Waals surface area contributed by atoms with Crippen LogP contribution < -0.4 is 10.5 Å². The summed E-state index contributed by atoms with van der Waals surface area (Å²) in [6, 6.07) is 6.03. The highest BCUT2D eigenvalue weighted by atomic mass is 16.5. The van der Waals surface area contributed by atoms with Crippen molar-refractivity contribution in [1.29, 1.82) is 0 Å². The maximum Gasteiger partial charge on any atom is 0.119 e. The summed E-state index contributed by atoms with van der Waals surface area (Å²) in [5, 5.41) is 0. The summed E-state index contributed by atoms with van der Waals surface area (Å²) >= 11 is 0. The van der Waals surface area contributed by atoms with Crippen LogP contribution >= 0.6 is 0 Å². The molecule has 1 aromatic rings. The van der Waals surface area contributed by atoms with Gasteiger partial charge < -0.3 is 10.5 Å². The number of hydrogen-bond donors (Lipinski definition) is 1. The highest BCUT2D eigenvalue weighted by Gasteiger charge is 2.14. The van der Waals surface area contributed by atoms with E-state index >= 15 is 0 Å². The molecule has 0 heterocycles. The maximum absolute atomic E-state index is 5.52. The van der Waals surface area contributed by atoms with Gasteiger partial charge in [-0.15, -0.1) is 0 Å². The number of benzene rings is 1. The van der Waals surface area contributed by atoms with Gasteiger partial charge in [-0.1, -0.05) is 6.07 Å². The van der Waals surface area contributed by atoms with Crippen LogP contribution in [0.1, 0.15) is 11.1 Å². The van der Waals surface area contributed by atoms with Crippen molar-refractivity contribution >= 4 is 11.6 Å². The second-order valence-electron chi connectivity index (χ2n) is 2.83. The Bertz CT molecular complexity index is 342. The molecule has 0 aromatic heterocycles. The van der Waals surface area contributed by atoms with Crippen molar-refractivity contribution in [2.45, 2.75) is 0 Å². The van der Waals surface area contributed by atoms with Gasteiger partial charge in [-0.25, -0.2) is 0 Å². The third-order valence-corrected chi connectivity index (χ3v) is 2.15. The number of hydrogen-bond acceptors (Lipinski definition) is 2. The van der Waals surface area contributed by atoms with Gasteiger partial charge >= 0.3 is 0 Å². The molecule has 0 amide bonds. The first-order chi connectivity index (χ1) is 5.85. The van der Waals surface area contributed by atoms with Crippen LogP contribution in [0.15, 0.2) is 18.2 Å². The average Bonchev–Trinajstić information content (AvgIpc) is 2.07. The van der Waals surface area contributed by atoms with Crippen LogP contribution in [0.2, 0.25) is 0 Å². The third-order valence-electron chi connectivity index (χ3n) is 2.15. The summed E-state index contributed by atoms with van der Waals surface area (Å²) in [5.41, 5.74) is 9.24. The van der Waals surface area contributed by atoms with E-state index in [0.29, 0.717) is 6.54 Å². The molecule has 2 N–H and O–H groups in total. The first kappa shape index (κ1) is 7.37. The second-order valence-corrected chi connectivity index (χ2v) is 2.83. The molecular weight excluding hydrogens is 150 g/mol. The second kappa shape index (κ2) is 2.64. The van der Waals surface area contributed by atoms with Gasteiger partial charge in [0.15, 0.2) is 0 Å². The lowest BCUT2D eigenvalue weighted by Crippen LogP contribution is -2.09. The molecule has 0 radical (unpaired) electrons. The van der Waals surface area contributed by atoms with Crippen molar-refractivity contribution in [1.82, 2.24) is 0 Å². The fourth-order valence-corrected chi connectivity index (χ4v) is 1.44. The minimum atomic E-state index is 0.624. The van der Waals surface area contributed by atoms with Crippen molar-refractivity contribution in [3.63, 3.8) is 0 Å². The summed E-state index contributed by atoms with van der Waals surface area (Å²) in [6.45, 7) is 0.624. The lowest BCUT2D eigenvalue weighted by molar-refractivity contribution is 0.414. The van der Waals surface area contributed by atoms with Gasteiger partial charge in [0.05, 0.1) is 7.11 Å². The van der Waals surface area contributed by atoms with E-state index in [-0.39, 0.29) is 0 Å². The van der Waals surface area contributed by atoms with E-state index in [0.717, 1.165) is 5.75 Å². The maximum atomic E-state index is 5.52. The van der Waals surface area contributed by atoms with Crippen molar-refractivity contribution in [2.75, 3.05) is 13.7 Å². The molecule has 0 bridgehead atoms. The lowest BCUT2D eigenvalue weighted by atomic mass is 9.88. The Morgan fingerprint density at radius 1 is 1.42 bits per heavy atom. The monoisotopic (exact) mass is 161 g/mol. The van der Waals surface area contributed by atoms with Crippen molar-refractivity contribution < 1.29 is 4.74 Å². The summed E-state index contributed by atoms with van der Waals surface area (Å²) in [6.07, 6.45) is 2.10. The topological polar surface area (TPSA) is 35.2 Å².